The van der Waals surface area contributed by atoms with E-state index >= 15 is 0 Å². The lowest BCUT2D eigenvalue weighted by molar-refractivity contribution is 0.0497. The first-order valence-electron chi connectivity index (χ1n) is 10.9. The van der Waals surface area contributed by atoms with E-state index in [9.17, 15) is 32.7 Å². The van der Waals surface area contributed by atoms with E-state index in [0.29, 0.717) is 38.1 Å². The van der Waals surface area contributed by atoms with Gasteiger partial charge in [0.15, 0.2) is 11.4 Å². The molecule has 4 heterocycles. The van der Waals surface area contributed by atoms with Crippen LogP contribution in [0.5, 0.6) is 5.75 Å². The second-order valence-electron chi connectivity index (χ2n) is 8.99. The monoisotopic (exact) mass is 477 g/mol. The van der Waals surface area contributed by atoms with Gasteiger partial charge in [-0.25, -0.2) is 13.2 Å². The summed E-state index contributed by atoms with van der Waals surface area (Å²) in [4.78, 5) is 41.0. The molecule has 2 aromatic rings. The predicted molar refractivity (Wildman–Crippen MR) is 112 cm³/mol. The van der Waals surface area contributed by atoms with E-state index in [1.54, 1.807) is 9.47 Å². The Kier molecular flexibility index (Phi) is 5.19. The Morgan fingerprint density at radius 1 is 1.24 bits per heavy atom. The highest BCUT2D eigenvalue weighted by Gasteiger charge is 2.54. The van der Waals surface area contributed by atoms with Crippen molar-refractivity contribution in [3.8, 4) is 5.75 Å². The van der Waals surface area contributed by atoms with E-state index in [0.717, 1.165) is 12.8 Å². The van der Waals surface area contributed by atoms with Crippen molar-refractivity contribution < 1.29 is 32.6 Å². The van der Waals surface area contributed by atoms with Crippen LogP contribution in [0.15, 0.2) is 16.9 Å². The van der Waals surface area contributed by atoms with E-state index in [1.807, 2.05) is 0 Å². The van der Waals surface area contributed by atoms with Crippen molar-refractivity contribution in [3.63, 3.8) is 0 Å². The summed E-state index contributed by atoms with van der Waals surface area (Å²) >= 11 is 0. The Bertz CT molecular complexity index is 1270. The molecule has 3 aliphatic rings. The number of carbonyl (C=O) groups is 2. The Morgan fingerprint density at radius 3 is 2.62 bits per heavy atom. The molecule has 11 heteroatoms. The SMILES string of the molecule is CO[C@@H]1CC23CCCCN(C2)C(=O)c2c(O)c(=O)c(C(=O)NCc4c(F)cc(F)cc4F)c1n23. The molecule has 1 fully saturated rings. The lowest BCUT2D eigenvalue weighted by Gasteiger charge is -2.41. The molecule has 2 atom stereocenters. The summed E-state index contributed by atoms with van der Waals surface area (Å²) in [7, 11) is 1.42. The van der Waals surface area contributed by atoms with Gasteiger partial charge >= 0.3 is 0 Å². The van der Waals surface area contributed by atoms with Gasteiger partial charge in [0, 0.05) is 50.9 Å². The van der Waals surface area contributed by atoms with E-state index in [1.165, 1.54) is 7.11 Å². The van der Waals surface area contributed by atoms with Crippen molar-refractivity contribution in [2.45, 2.75) is 43.9 Å². The molecule has 1 aromatic carbocycles. The smallest absolute Gasteiger partial charge is 0.274 e. The summed E-state index contributed by atoms with van der Waals surface area (Å²) in [6.07, 6.45) is 1.91. The molecule has 1 unspecified atom stereocenters. The zero-order chi connectivity index (χ0) is 24.4. The van der Waals surface area contributed by atoms with Gasteiger partial charge in [0.25, 0.3) is 11.8 Å². The fourth-order valence-corrected chi connectivity index (χ4v) is 5.56. The van der Waals surface area contributed by atoms with Crippen LogP contribution in [0.4, 0.5) is 13.2 Å². The molecule has 2 amide bonds. The Labute approximate surface area is 191 Å². The number of benzene rings is 1. The summed E-state index contributed by atoms with van der Waals surface area (Å²) < 4.78 is 48.4. The van der Waals surface area contributed by atoms with Crippen LogP contribution in [0, 0.1) is 17.5 Å². The topological polar surface area (TPSA) is 101 Å². The Morgan fingerprint density at radius 2 is 1.94 bits per heavy atom. The molecule has 3 aliphatic heterocycles. The molecule has 180 valence electrons. The van der Waals surface area contributed by atoms with Crippen molar-refractivity contribution >= 4 is 11.8 Å². The van der Waals surface area contributed by atoms with E-state index in [4.69, 9.17) is 4.74 Å². The van der Waals surface area contributed by atoms with Crippen LogP contribution in [0.2, 0.25) is 0 Å². The molecule has 34 heavy (non-hydrogen) atoms. The Balaban J connectivity index is 1.63. The number of hydrogen-bond acceptors (Lipinski definition) is 5. The highest BCUT2D eigenvalue weighted by Crippen LogP contribution is 2.50. The number of pyridine rings is 1. The van der Waals surface area contributed by atoms with Crippen LogP contribution < -0.4 is 10.7 Å². The first-order valence-corrected chi connectivity index (χ1v) is 10.9. The third kappa shape index (κ3) is 3.13. The lowest BCUT2D eigenvalue weighted by Crippen LogP contribution is -2.52. The predicted octanol–water partition coefficient (Wildman–Crippen LogP) is 2.33. The maximum absolute atomic E-state index is 14.0. The molecule has 0 aliphatic carbocycles. The van der Waals surface area contributed by atoms with Crippen LogP contribution in [0.25, 0.3) is 0 Å². The van der Waals surface area contributed by atoms with Crippen LogP contribution in [-0.2, 0) is 16.8 Å². The van der Waals surface area contributed by atoms with Crippen LogP contribution in [0.1, 0.15) is 63.9 Å². The standard InChI is InChI=1S/C23H22F3N3O5/c1-34-15-8-23-4-2-3-5-28(10-23)22(33)18-20(31)19(30)16(17(15)29(18)23)21(32)27-9-12-13(25)6-11(24)7-14(12)26/h6-7,15,31H,2-5,8-10H2,1H3,(H,27,32)/t15-,23?/m1/s1. The number of nitrogens with zero attached hydrogens (tertiary/aromatic N) is 2. The van der Waals surface area contributed by atoms with Crippen LogP contribution >= 0.6 is 0 Å². The molecule has 1 spiro atoms. The first-order chi connectivity index (χ1) is 16.2. The van der Waals surface area contributed by atoms with Crippen molar-refractivity contribution in [2.24, 2.45) is 0 Å². The number of amides is 2. The summed E-state index contributed by atoms with van der Waals surface area (Å²) in [5.74, 6) is -5.81. The molecule has 1 aromatic heterocycles. The summed E-state index contributed by atoms with van der Waals surface area (Å²) in [6, 6.07) is 0.968. The van der Waals surface area contributed by atoms with Gasteiger partial charge in [-0.15, -0.1) is 0 Å². The molecular weight excluding hydrogens is 455 g/mol. The van der Waals surface area contributed by atoms with Crippen molar-refractivity contribution in [1.29, 1.82) is 0 Å². The molecule has 2 bridgehead atoms. The molecule has 0 radical (unpaired) electrons. The van der Waals surface area contributed by atoms with Crippen LogP contribution in [0.3, 0.4) is 0 Å². The van der Waals surface area contributed by atoms with Gasteiger partial charge in [0.05, 0.1) is 11.2 Å². The highest BCUT2D eigenvalue weighted by atomic mass is 19.1. The van der Waals surface area contributed by atoms with Gasteiger partial charge in [-0.3, -0.25) is 14.4 Å². The third-order valence-corrected chi connectivity index (χ3v) is 7.07. The average Bonchev–Trinajstić information content (AvgIpc) is 2.96. The molecule has 5 rings (SSSR count). The fourth-order valence-electron chi connectivity index (χ4n) is 5.56. The number of methoxy groups -OCH3 is 1. The average molecular weight is 477 g/mol. The second kappa shape index (κ2) is 7.86. The Hall–Kier alpha value is -3.34. The molecular formula is C23H22F3N3O5. The van der Waals surface area contributed by atoms with Gasteiger partial charge < -0.3 is 24.6 Å². The quantitative estimate of drug-likeness (QED) is 0.704. The minimum absolute atomic E-state index is 0.160. The highest BCUT2D eigenvalue weighted by molar-refractivity contribution is 6.00. The zero-order valence-electron chi connectivity index (χ0n) is 18.3. The number of ether oxygens (including phenoxy) is 1. The number of halogens is 3. The van der Waals surface area contributed by atoms with Gasteiger partial charge in [0.2, 0.25) is 5.43 Å². The minimum Gasteiger partial charge on any atom is -0.503 e. The van der Waals surface area contributed by atoms with Crippen molar-refractivity contribution in [1.82, 2.24) is 14.8 Å². The number of rotatable bonds is 4. The maximum Gasteiger partial charge on any atom is 0.274 e. The number of nitrogens with one attached hydrogen (secondary N) is 1. The van der Waals surface area contributed by atoms with Crippen molar-refractivity contribution in [2.75, 3.05) is 20.2 Å². The number of hydrogen-bond donors (Lipinski definition) is 2. The fraction of sp³-hybridized carbons (Fsp3) is 0.435. The maximum atomic E-state index is 14.0. The number of aromatic hydroxyl groups is 1. The van der Waals surface area contributed by atoms with E-state index in [-0.39, 0.29) is 11.4 Å². The van der Waals surface area contributed by atoms with E-state index < -0.39 is 69.8 Å². The zero-order valence-corrected chi connectivity index (χ0v) is 18.3. The van der Waals surface area contributed by atoms with E-state index in [2.05, 4.69) is 5.32 Å². The number of fused-ring (bicyclic) bond motifs is 1. The molecule has 2 N–H and O–H groups in total. The lowest BCUT2D eigenvalue weighted by atomic mass is 9.88. The van der Waals surface area contributed by atoms with Gasteiger partial charge in [-0.2, -0.15) is 0 Å². The first kappa shape index (κ1) is 22.5. The third-order valence-electron chi connectivity index (χ3n) is 7.07. The van der Waals surface area contributed by atoms with Gasteiger partial charge in [0.1, 0.15) is 29.1 Å². The molecule has 1 saturated heterocycles. The normalized spacial score (nSPS) is 23.0. The van der Waals surface area contributed by atoms with Gasteiger partial charge in [-0.1, -0.05) is 0 Å². The molecule has 8 nitrogen and oxygen atoms in total. The summed E-state index contributed by atoms with van der Waals surface area (Å²) in [6.45, 7) is 0.201. The molecule has 0 saturated carbocycles. The van der Waals surface area contributed by atoms with Gasteiger partial charge in [-0.05, 0) is 19.3 Å². The largest absolute Gasteiger partial charge is 0.503 e. The number of carbonyl (C=O) groups excluding carboxylic acids is 2. The summed E-state index contributed by atoms with van der Waals surface area (Å²) in [5.41, 5.74) is -2.74. The number of aromatic nitrogens is 1. The van der Waals surface area contributed by atoms with Crippen LogP contribution in [-0.4, -0.2) is 46.6 Å². The second-order valence-corrected chi connectivity index (χ2v) is 8.99. The minimum atomic E-state index is -1.19. The summed E-state index contributed by atoms with van der Waals surface area (Å²) in [5, 5.41) is 13.0. The van der Waals surface area contributed by atoms with Crippen molar-refractivity contribution in [3.05, 3.63) is 62.3 Å².